The normalized spacial score (nSPS) is 36.2. The molecular weight excluding hydrogens is 244 g/mol. The summed E-state index contributed by atoms with van der Waals surface area (Å²) in [7, 11) is 0. The fourth-order valence-corrected chi connectivity index (χ4v) is 2.59. The number of hydrogen-bond acceptors (Lipinski definition) is 4. The third kappa shape index (κ3) is 2.80. The molecular formula is C15H20O4. The molecule has 0 unspecified atom stereocenters. The first-order valence-electron chi connectivity index (χ1n) is 6.51. The Kier molecular flexibility index (Phi) is 3.92. The maximum atomic E-state index is 11.6. The highest BCUT2D eigenvalue weighted by atomic mass is 16.6. The van der Waals surface area contributed by atoms with E-state index < -0.39 is 30.2 Å². The quantitative estimate of drug-likeness (QED) is 0.395. The van der Waals surface area contributed by atoms with Crippen molar-refractivity contribution in [3.8, 4) is 0 Å². The van der Waals surface area contributed by atoms with Crippen molar-refractivity contribution in [2.24, 2.45) is 5.92 Å². The number of aliphatic hydroxyl groups is 2. The van der Waals surface area contributed by atoms with Gasteiger partial charge in [-0.2, -0.15) is 0 Å². The van der Waals surface area contributed by atoms with Crippen LogP contribution in [0.15, 0.2) is 35.5 Å². The van der Waals surface area contributed by atoms with E-state index in [0.717, 1.165) is 11.1 Å². The Hall–Kier alpha value is -1.39. The third-order valence-corrected chi connectivity index (χ3v) is 3.85. The van der Waals surface area contributed by atoms with Gasteiger partial charge in [0, 0.05) is 5.57 Å². The Morgan fingerprint density at radius 2 is 2.00 bits per heavy atom. The number of allylic oxidation sites excluding steroid dienone is 1. The van der Waals surface area contributed by atoms with Gasteiger partial charge in [-0.25, -0.2) is 4.79 Å². The molecule has 0 radical (unpaired) electrons. The molecule has 0 saturated carbocycles. The maximum absolute atomic E-state index is 11.6. The van der Waals surface area contributed by atoms with Gasteiger partial charge in [-0.3, -0.25) is 0 Å². The lowest BCUT2D eigenvalue weighted by molar-refractivity contribution is -0.137. The van der Waals surface area contributed by atoms with Gasteiger partial charge in [-0.15, -0.1) is 0 Å². The molecule has 1 aliphatic carbocycles. The van der Waals surface area contributed by atoms with Crippen LogP contribution in [-0.2, 0) is 9.53 Å². The van der Waals surface area contributed by atoms with Crippen LogP contribution in [0.4, 0.5) is 0 Å². The number of aliphatic hydroxyl groups excluding tert-OH is 2. The Bertz CT molecular complexity index is 461. The van der Waals surface area contributed by atoms with E-state index in [1.54, 1.807) is 12.2 Å². The molecule has 0 spiro atoms. The first-order valence-corrected chi connectivity index (χ1v) is 6.51. The lowest BCUT2D eigenvalue weighted by Gasteiger charge is -2.22. The van der Waals surface area contributed by atoms with Gasteiger partial charge in [-0.1, -0.05) is 18.2 Å². The SMILES string of the molecule is C=C1C(=O)O[C@H]2C=C(C)[C@@H](O)CCC(C)=C[C@@H](O)[C@H]12. The molecule has 1 aliphatic heterocycles. The summed E-state index contributed by atoms with van der Waals surface area (Å²) in [6, 6.07) is 0. The maximum Gasteiger partial charge on any atom is 0.334 e. The lowest BCUT2D eigenvalue weighted by Crippen LogP contribution is -2.28. The molecule has 4 nitrogen and oxygen atoms in total. The van der Waals surface area contributed by atoms with Crippen LogP contribution in [-0.4, -0.2) is 34.5 Å². The van der Waals surface area contributed by atoms with Crippen molar-refractivity contribution < 1.29 is 19.7 Å². The van der Waals surface area contributed by atoms with Crippen LogP contribution in [0.3, 0.4) is 0 Å². The monoisotopic (exact) mass is 264 g/mol. The average molecular weight is 264 g/mol. The second-order valence-electron chi connectivity index (χ2n) is 5.39. The summed E-state index contributed by atoms with van der Waals surface area (Å²) in [4.78, 5) is 11.6. The Morgan fingerprint density at radius 1 is 1.32 bits per heavy atom. The summed E-state index contributed by atoms with van der Waals surface area (Å²) in [5.41, 5.74) is 2.05. The first kappa shape index (κ1) is 14.0. The standard InChI is InChI=1S/C15H20O4/c1-8-4-5-11(16)9(2)7-13-14(12(17)6-8)10(3)15(18)19-13/h6-7,11-14,16-17H,3-5H2,1-2H3/t11-,12+,13-,14-/m0/s1. The van der Waals surface area contributed by atoms with Crippen LogP contribution in [0.2, 0.25) is 0 Å². The molecule has 1 saturated heterocycles. The zero-order chi connectivity index (χ0) is 14.2. The lowest BCUT2D eigenvalue weighted by atomic mass is 9.86. The molecule has 1 fully saturated rings. The summed E-state index contributed by atoms with van der Waals surface area (Å²) >= 11 is 0. The van der Waals surface area contributed by atoms with E-state index in [-0.39, 0.29) is 0 Å². The number of fused-ring (bicyclic) bond motifs is 1. The highest BCUT2D eigenvalue weighted by Crippen LogP contribution is 2.33. The van der Waals surface area contributed by atoms with E-state index >= 15 is 0 Å². The Labute approximate surface area is 113 Å². The van der Waals surface area contributed by atoms with E-state index in [0.29, 0.717) is 18.4 Å². The highest BCUT2D eigenvalue weighted by Gasteiger charge is 2.41. The molecule has 1 heterocycles. The van der Waals surface area contributed by atoms with Crippen LogP contribution in [0.25, 0.3) is 0 Å². The second-order valence-corrected chi connectivity index (χ2v) is 5.39. The topological polar surface area (TPSA) is 66.8 Å². The van der Waals surface area contributed by atoms with Crippen molar-refractivity contribution in [2.75, 3.05) is 0 Å². The van der Waals surface area contributed by atoms with Gasteiger partial charge < -0.3 is 14.9 Å². The predicted molar refractivity (Wildman–Crippen MR) is 71.3 cm³/mol. The van der Waals surface area contributed by atoms with E-state index in [1.807, 2.05) is 13.8 Å². The highest BCUT2D eigenvalue weighted by molar-refractivity contribution is 5.91. The molecule has 4 heteroatoms. The van der Waals surface area contributed by atoms with Crippen LogP contribution < -0.4 is 0 Å². The minimum Gasteiger partial charge on any atom is -0.454 e. The van der Waals surface area contributed by atoms with Crippen LogP contribution in [0.1, 0.15) is 26.7 Å². The zero-order valence-electron chi connectivity index (χ0n) is 11.3. The van der Waals surface area contributed by atoms with Crippen molar-refractivity contribution in [2.45, 2.75) is 45.0 Å². The molecule has 0 aromatic rings. The number of carbonyl (C=O) groups is 1. The number of ether oxygens (including phenoxy) is 1. The van der Waals surface area contributed by atoms with Crippen LogP contribution >= 0.6 is 0 Å². The molecule has 2 rings (SSSR count). The minimum absolute atomic E-state index is 0.292. The molecule has 4 atom stereocenters. The molecule has 2 N–H and O–H groups in total. The third-order valence-electron chi connectivity index (χ3n) is 3.85. The molecule has 19 heavy (non-hydrogen) atoms. The smallest absolute Gasteiger partial charge is 0.334 e. The fourth-order valence-electron chi connectivity index (χ4n) is 2.59. The minimum atomic E-state index is -0.789. The van der Waals surface area contributed by atoms with Crippen LogP contribution in [0, 0.1) is 5.92 Å². The van der Waals surface area contributed by atoms with Gasteiger partial charge >= 0.3 is 5.97 Å². The molecule has 0 amide bonds. The van der Waals surface area contributed by atoms with Gasteiger partial charge in [0.25, 0.3) is 0 Å². The summed E-state index contributed by atoms with van der Waals surface area (Å²) < 4.78 is 5.22. The number of carbonyl (C=O) groups excluding carboxylic acids is 1. The summed E-state index contributed by atoms with van der Waals surface area (Å²) in [5, 5.41) is 20.3. The van der Waals surface area contributed by atoms with E-state index in [9.17, 15) is 15.0 Å². The number of esters is 1. The number of rotatable bonds is 0. The fraction of sp³-hybridized carbons (Fsp3) is 0.533. The molecule has 0 aromatic carbocycles. The summed E-state index contributed by atoms with van der Waals surface area (Å²) in [6.45, 7) is 7.43. The average Bonchev–Trinajstić information content (AvgIpc) is 2.60. The van der Waals surface area contributed by atoms with E-state index in [4.69, 9.17) is 4.74 Å². The Balaban J connectivity index is 2.39. The van der Waals surface area contributed by atoms with Crippen molar-refractivity contribution in [1.29, 1.82) is 0 Å². The van der Waals surface area contributed by atoms with Crippen LogP contribution in [0.5, 0.6) is 0 Å². The predicted octanol–water partition coefficient (Wildman–Crippen LogP) is 1.49. The summed E-state index contributed by atoms with van der Waals surface area (Å²) in [5.74, 6) is -0.944. The molecule has 104 valence electrons. The van der Waals surface area contributed by atoms with Gasteiger partial charge in [0.05, 0.1) is 18.1 Å². The second kappa shape index (κ2) is 5.31. The van der Waals surface area contributed by atoms with Crippen molar-refractivity contribution in [1.82, 2.24) is 0 Å². The molecule has 0 aromatic heterocycles. The van der Waals surface area contributed by atoms with Gasteiger partial charge in [0.2, 0.25) is 0 Å². The van der Waals surface area contributed by atoms with Crippen molar-refractivity contribution in [3.05, 3.63) is 35.5 Å². The van der Waals surface area contributed by atoms with Crippen molar-refractivity contribution in [3.63, 3.8) is 0 Å². The van der Waals surface area contributed by atoms with E-state index in [2.05, 4.69) is 6.58 Å². The van der Waals surface area contributed by atoms with Gasteiger partial charge in [-0.05, 0) is 38.3 Å². The molecule has 0 bridgehead atoms. The molecule has 2 aliphatic rings. The van der Waals surface area contributed by atoms with Gasteiger partial charge in [0.1, 0.15) is 6.10 Å². The van der Waals surface area contributed by atoms with E-state index in [1.165, 1.54) is 0 Å². The number of hydrogen-bond donors (Lipinski definition) is 2. The van der Waals surface area contributed by atoms with Crippen molar-refractivity contribution >= 4 is 5.97 Å². The van der Waals surface area contributed by atoms with Gasteiger partial charge in [0.15, 0.2) is 0 Å². The first-order chi connectivity index (χ1) is 8.90. The zero-order valence-corrected chi connectivity index (χ0v) is 11.3. The largest absolute Gasteiger partial charge is 0.454 e. The Morgan fingerprint density at radius 3 is 2.68 bits per heavy atom. The summed E-state index contributed by atoms with van der Waals surface area (Å²) in [6.07, 6.45) is 2.88.